The predicted octanol–water partition coefficient (Wildman–Crippen LogP) is 1.58. The van der Waals surface area contributed by atoms with Gasteiger partial charge in [0.25, 0.3) is 5.91 Å². The van der Waals surface area contributed by atoms with Crippen LogP contribution in [0.25, 0.3) is 0 Å². The van der Waals surface area contributed by atoms with Gasteiger partial charge in [-0.15, -0.1) is 5.10 Å². The number of carbonyl (C=O) groups is 3. The van der Waals surface area contributed by atoms with Crippen molar-refractivity contribution in [3.8, 4) is 0 Å². The second-order valence-electron chi connectivity index (χ2n) is 7.11. The van der Waals surface area contributed by atoms with Crippen LogP contribution in [0.3, 0.4) is 0 Å². The summed E-state index contributed by atoms with van der Waals surface area (Å²) in [5, 5.41) is 16.5. The number of piperidine rings is 1. The molecule has 2 saturated heterocycles. The molecule has 2 fully saturated rings. The van der Waals surface area contributed by atoms with Crippen LogP contribution in [0.4, 0.5) is 5.69 Å². The molecule has 0 saturated carbocycles. The lowest BCUT2D eigenvalue weighted by atomic mass is 10.0. The summed E-state index contributed by atoms with van der Waals surface area (Å²) < 4.78 is 1.57. The van der Waals surface area contributed by atoms with Crippen molar-refractivity contribution in [2.24, 2.45) is 0 Å². The van der Waals surface area contributed by atoms with Crippen molar-refractivity contribution in [3.63, 3.8) is 0 Å². The van der Waals surface area contributed by atoms with E-state index >= 15 is 0 Å². The smallest absolute Gasteiger partial charge is 0.358 e. The molecule has 1 aromatic carbocycles. The normalized spacial score (nSPS) is 17.9. The number of amides is 2. The quantitative estimate of drug-likeness (QED) is 0.859. The van der Waals surface area contributed by atoms with Gasteiger partial charge < -0.3 is 14.9 Å². The fraction of sp³-hybridized carbons (Fsp3) is 0.421. The molecule has 1 N–H and O–H groups in total. The molecule has 4 rings (SSSR count). The van der Waals surface area contributed by atoms with Gasteiger partial charge in [-0.05, 0) is 37.5 Å². The Morgan fingerprint density at radius 3 is 2.57 bits per heavy atom. The van der Waals surface area contributed by atoms with Crippen molar-refractivity contribution in [1.29, 1.82) is 0 Å². The lowest BCUT2D eigenvalue weighted by Crippen LogP contribution is -2.39. The molecular formula is C19H21N5O4. The summed E-state index contributed by atoms with van der Waals surface area (Å²) in [6.07, 6.45) is 4.19. The summed E-state index contributed by atoms with van der Waals surface area (Å²) in [5.74, 6) is -1.06. The summed E-state index contributed by atoms with van der Waals surface area (Å²) in [6, 6.07) is 7.25. The van der Waals surface area contributed by atoms with Crippen LogP contribution < -0.4 is 4.90 Å². The van der Waals surface area contributed by atoms with Gasteiger partial charge in [0, 0.05) is 37.3 Å². The number of aromatic carboxylic acids is 1. The summed E-state index contributed by atoms with van der Waals surface area (Å²) in [5.41, 5.74) is 1.27. The minimum atomic E-state index is -1.10. The van der Waals surface area contributed by atoms with Gasteiger partial charge in [0.2, 0.25) is 5.91 Å². The molecule has 3 heterocycles. The molecule has 0 atom stereocenters. The molecule has 2 amide bonds. The van der Waals surface area contributed by atoms with Gasteiger partial charge in [-0.2, -0.15) is 0 Å². The highest BCUT2D eigenvalue weighted by Gasteiger charge is 2.27. The van der Waals surface area contributed by atoms with E-state index in [9.17, 15) is 14.4 Å². The SMILES string of the molecule is O=C(O)c1cn(C2CCN(C(=O)c3cccc(N4CCCC4=O)c3)CC2)nn1. The van der Waals surface area contributed by atoms with Gasteiger partial charge in [0.05, 0.1) is 12.2 Å². The van der Waals surface area contributed by atoms with Crippen LogP contribution in [0.15, 0.2) is 30.5 Å². The highest BCUT2D eigenvalue weighted by molar-refractivity contribution is 5.99. The predicted molar refractivity (Wildman–Crippen MR) is 99.2 cm³/mol. The third-order valence-corrected chi connectivity index (χ3v) is 5.33. The third kappa shape index (κ3) is 3.47. The number of likely N-dealkylation sites (tertiary alicyclic amines) is 1. The number of anilines is 1. The van der Waals surface area contributed by atoms with Gasteiger partial charge in [-0.1, -0.05) is 11.3 Å². The maximum absolute atomic E-state index is 12.9. The number of aromatic nitrogens is 3. The van der Waals surface area contributed by atoms with E-state index in [1.807, 2.05) is 12.1 Å². The molecule has 2 aromatic rings. The number of hydrogen-bond donors (Lipinski definition) is 1. The van der Waals surface area contributed by atoms with E-state index in [1.54, 1.807) is 26.6 Å². The first kappa shape index (κ1) is 18.1. The monoisotopic (exact) mass is 383 g/mol. The highest BCUT2D eigenvalue weighted by atomic mass is 16.4. The molecule has 9 heteroatoms. The Bertz CT molecular complexity index is 917. The molecule has 2 aliphatic rings. The number of hydrogen-bond acceptors (Lipinski definition) is 5. The molecule has 9 nitrogen and oxygen atoms in total. The summed E-state index contributed by atoms with van der Waals surface area (Å²) >= 11 is 0. The first-order valence-corrected chi connectivity index (χ1v) is 9.38. The van der Waals surface area contributed by atoms with Crippen LogP contribution in [0.2, 0.25) is 0 Å². The number of rotatable bonds is 4. The maximum atomic E-state index is 12.9. The Kier molecular flexibility index (Phi) is 4.81. The van der Waals surface area contributed by atoms with Crippen molar-refractivity contribution >= 4 is 23.5 Å². The van der Waals surface area contributed by atoms with Crippen LogP contribution >= 0.6 is 0 Å². The molecule has 1 aromatic heterocycles. The topological polar surface area (TPSA) is 109 Å². The average molecular weight is 383 g/mol. The standard InChI is InChI=1S/C19H21N5O4/c25-17-5-2-8-23(17)15-4-1-3-13(11-15)18(26)22-9-6-14(7-10-22)24-12-16(19(27)28)20-21-24/h1,3-4,11-12,14H,2,5-10H2,(H,27,28). The largest absolute Gasteiger partial charge is 0.476 e. The van der Waals surface area contributed by atoms with E-state index in [-0.39, 0.29) is 23.6 Å². The number of carboxylic acids is 1. The maximum Gasteiger partial charge on any atom is 0.358 e. The Hall–Kier alpha value is -3.23. The summed E-state index contributed by atoms with van der Waals surface area (Å²) in [6.45, 7) is 1.80. The van der Waals surface area contributed by atoms with Crippen molar-refractivity contribution in [2.75, 3.05) is 24.5 Å². The van der Waals surface area contributed by atoms with Gasteiger partial charge in [0.15, 0.2) is 5.69 Å². The molecule has 0 unspecified atom stereocenters. The first-order valence-electron chi connectivity index (χ1n) is 9.38. The fourth-order valence-corrected chi connectivity index (χ4v) is 3.80. The lowest BCUT2D eigenvalue weighted by molar-refractivity contribution is -0.117. The summed E-state index contributed by atoms with van der Waals surface area (Å²) in [4.78, 5) is 39.3. The Morgan fingerprint density at radius 1 is 1.14 bits per heavy atom. The summed E-state index contributed by atoms with van der Waals surface area (Å²) in [7, 11) is 0. The van der Waals surface area contributed by atoms with Crippen molar-refractivity contribution in [3.05, 3.63) is 41.7 Å². The van der Waals surface area contributed by atoms with E-state index in [2.05, 4.69) is 10.3 Å². The molecule has 28 heavy (non-hydrogen) atoms. The number of benzene rings is 1. The Morgan fingerprint density at radius 2 is 1.93 bits per heavy atom. The Balaban J connectivity index is 1.41. The van der Waals surface area contributed by atoms with Gasteiger partial charge in [-0.25, -0.2) is 9.48 Å². The molecule has 146 valence electrons. The van der Waals surface area contributed by atoms with Crippen LogP contribution in [0.5, 0.6) is 0 Å². The van der Waals surface area contributed by atoms with Crippen LogP contribution in [0, 0.1) is 0 Å². The number of nitrogens with zero attached hydrogens (tertiary/aromatic N) is 5. The van der Waals surface area contributed by atoms with E-state index in [1.165, 1.54) is 6.20 Å². The van der Waals surface area contributed by atoms with Crippen molar-refractivity contribution < 1.29 is 19.5 Å². The zero-order valence-corrected chi connectivity index (χ0v) is 15.3. The minimum absolute atomic E-state index is 0.0261. The zero-order valence-electron chi connectivity index (χ0n) is 15.3. The van der Waals surface area contributed by atoms with Crippen molar-refractivity contribution in [2.45, 2.75) is 31.7 Å². The first-order chi connectivity index (χ1) is 13.5. The fourth-order valence-electron chi connectivity index (χ4n) is 3.80. The average Bonchev–Trinajstić information content (AvgIpc) is 3.37. The van der Waals surface area contributed by atoms with Crippen LogP contribution in [-0.4, -0.2) is 62.4 Å². The van der Waals surface area contributed by atoms with Crippen molar-refractivity contribution in [1.82, 2.24) is 19.9 Å². The van der Waals surface area contributed by atoms with E-state index in [4.69, 9.17) is 5.11 Å². The van der Waals surface area contributed by atoms with E-state index in [0.717, 1.165) is 12.1 Å². The molecule has 0 aliphatic carbocycles. The molecule has 2 aliphatic heterocycles. The van der Waals surface area contributed by atoms with Crippen LogP contribution in [0.1, 0.15) is 52.6 Å². The van der Waals surface area contributed by atoms with Crippen LogP contribution in [-0.2, 0) is 4.79 Å². The highest BCUT2D eigenvalue weighted by Crippen LogP contribution is 2.26. The minimum Gasteiger partial charge on any atom is -0.476 e. The molecule has 0 radical (unpaired) electrons. The third-order valence-electron chi connectivity index (χ3n) is 5.33. The van der Waals surface area contributed by atoms with E-state index < -0.39 is 5.97 Å². The lowest BCUT2D eigenvalue weighted by Gasteiger charge is -2.32. The second kappa shape index (κ2) is 7.41. The van der Waals surface area contributed by atoms with Gasteiger partial charge in [0.1, 0.15) is 0 Å². The molecular weight excluding hydrogens is 362 g/mol. The number of carbonyl (C=O) groups excluding carboxylic acids is 2. The number of carboxylic acid groups (broad SMARTS) is 1. The van der Waals surface area contributed by atoms with Gasteiger partial charge >= 0.3 is 5.97 Å². The second-order valence-corrected chi connectivity index (χ2v) is 7.11. The molecule has 0 spiro atoms. The molecule has 0 bridgehead atoms. The van der Waals surface area contributed by atoms with E-state index in [0.29, 0.717) is 44.5 Å². The van der Waals surface area contributed by atoms with Gasteiger partial charge in [-0.3, -0.25) is 9.59 Å². The Labute approximate surface area is 161 Å². The zero-order chi connectivity index (χ0) is 19.7.